The number of esters is 1. The molecular formula is C16H12Cl2N2O3. The number of hydrogen-bond acceptors (Lipinski definition) is 4. The molecule has 1 heterocycles. The van der Waals surface area contributed by atoms with Gasteiger partial charge in [0.2, 0.25) is 5.91 Å². The van der Waals surface area contributed by atoms with Crippen LogP contribution in [-0.4, -0.2) is 25.0 Å². The molecule has 0 aliphatic carbocycles. The molecule has 0 radical (unpaired) electrons. The highest BCUT2D eigenvalue weighted by Crippen LogP contribution is 2.34. The first-order valence-electron chi connectivity index (χ1n) is 6.82. The fourth-order valence-electron chi connectivity index (χ4n) is 2.29. The molecule has 7 heteroatoms. The number of benzene rings is 2. The van der Waals surface area contributed by atoms with Crippen molar-refractivity contribution in [2.45, 2.75) is 0 Å². The zero-order chi connectivity index (χ0) is 16.4. The van der Waals surface area contributed by atoms with Gasteiger partial charge in [-0.15, -0.1) is 0 Å². The van der Waals surface area contributed by atoms with Crippen LogP contribution in [0.3, 0.4) is 0 Å². The van der Waals surface area contributed by atoms with Gasteiger partial charge in [-0.2, -0.15) is 0 Å². The molecule has 1 aliphatic heterocycles. The zero-order valence-corrected chi connectivity index (χ0v) is 13.4. The summed E-state index contributed by atoms with van der Waals surface area (Å²) >= 11 is 12.0. The molecule has 0 saturated heterocycles. The van der Waals surface area contributed by atoms with Gasteiger partial charge >= 0.3 is 5.97 Å². The number of anilines is 2. The van der Waals surface area contributed by atoms with Gasteiger partial charge in [0.15, 0.2) is 5.75 Å². The molecule has 2 aromatic carbocycles. The van der Waals surface area contributed by atoms with Crippen molar-refractivity contribution >= 4 is 46.5 Å². The van der Waals surface area contributed by atoms with Crippen molar-refractivity contribution in [1.29, 1.82) is 0 Å². The third kappa shape index (κ3) is 3.57. The summed E-state index contributed by atoms with van der Waals surface area (Å²) in [5.41, 5.74) is 1.12. The number of rotatable bonds is 3. The number of ether oxygens (including phenoxy) is 1. The molecule has 0 atom stereocenters. The maximum Gasteiger partial charge on any atom is 0.331 e. The van der Waals surface area contributed by atoms with E-state index in [4.69, 9.17) is 27.9 Å². The van der Waals surface area contributed by atoms with Gasteiger partial charge in [-0.05, 0) is 30.3 Å². The van der Waals surface area contributed by atoms with Gasteiger partial charge < -0.3 is 15.0 Å². The van der Waals surface area contributed by atoms with E-state index in [1.165, 1.54) is 0 Å². The quantitative estimate of drug-likeness (QED) is 0.681. The Hall–Kier alpha value is -2.24. The van der Waals surface area contributed by atoms with Crippen LogP contribution < -0.4 is 15.0 Å². The largest absolute Gasteiger partial charge is 0.423 e. The van der Waals surface area contributed by atoms with Gasteiger partial charge in [0.05, 0.1) is 22.9 Å². The Morgan fingerprint density at radius 2 is 2.00 bits per heavy atom. The Kier molecular flexibility index (Phi) is 4.41. The second-order valence-electron chi connectivity index (χ2n) is 4.97. The van der Waals surface area contributed by atoms with E-state index in [0.29, 0.717) is 27.2 Å². The van der Waals surface area contributed by atoms with Crippen LogP contribution in [0.25, 0.3) is 0 Å². The minimum atomic E-state index is -0.426. The molecule has 0 aromatic heterocycles. The van der Waals surface area contributed by atoms with Crippen LogP contribution in [0.5, 0.6) is 5.75 Å². The van der Waals surface area contributed by atoms with Crippen LogP contribution >= 0.6 is 23.2 Å². The van der Waals surface area contributed by atoms with Crippen molar-refractivity contribution in [1.82, 2.24) is 0 Å². The second-order valence-corrected chi connectivity index (χ2v) is 5.81. The highest BCUT2D eigenvalue weighted by atomic mass is 35.5. The fourth-order valence-corrected chi connectivity index (χ4v) is 2.64. The van der Waals surface area contributed by atoms with Crippen LogP contribution in [0.2, 0.25) is 10.0 Å². The standard InChI is InChI=1S/C16H12Cl2N2O3/c17-10-5-6-14-13(7-10)20(9-16(22)23-14)8-15(21)19-12-4-2-1-3-11(12)18/h1-7H,8-9H2,(H,19,21). The lowest BCUT2D eigenvalue weighted by atomic mass is 10.2. The summed E-state index contributed by atoms with van der Waals surface area (Å²) in [6, 6.07) is 11.8. The predicted molar refractivity (Wildman–Crippen MR) is 89.4 cm³/mol. The van der Waals surface area contributed by atoms with E-state index >= 15 is 0 Å². The molecular weight excluding hydrogens is 339 g/mol. The molecule has 0 saturated carbocycles. The van der Waals surface area contributed by atoms with Gasteiger partial charge in [0.25, 0.3) is 0 Å². The number of nitrogens with one attached hydrogen (secondary N) is 1. The van der Waals surface area contributed by atoms with E-state index in [2.05, 4.69) is 5.32 Å². The number of fused-ring (bicyclic) bond motifs is 1. The number of nitrogens with zero attached hydrogens (tertiary/aromatic N) is 1. The minimum Gasteiger partial charge on any atom is -0.423 e. The van der Waals surface area contributed by atoms with Crippen LogP contribution in [0.15, 0.2) is 42.5 Å². The average molecular weight is 351 g/mol. The molecule has 0 bridgehead atoms. The number of para-hydroxylation sites is 1. The van der Waals surface area contributed by atoms with Crippen molar-refractivity contribution in [2.75, 3.05) is 23.3 Å². The number of carbonyl (C=O) groups excluding carboxylic acids is 2. The molecule has 1 aliphatic rings. The van der Waals surface area contributed by atoms with E-state index in [1.54, 1.807) is 47.4 Å². The maximum absolute atomic E-state index is 12.2. The minimum absolute atomic E-state index is 0.0202. The monoisotopic (exact) mass is 350 g/mol. The number of halogens is 2. The molecule has 0 unspecified atom stereocenters. The molecule has 3 rings (SSSR count). The lowest BCUT2D eigenvalue weighted by Crippen LogP contribution is -2.41. The zero-order valence-electron chi connectivity index (χ0n) is 11.9. The molecule has 0 fully saturated rings. The molecule has 0 spiro atoms. The number of carbonyl (C=O) groups is 2. The first-order valence-corrected chi connectivity index (χ1v) is 7.58. The second kappa shape index (κ2) is 6.48. The van der Waals surface area contributed by atoms with Crippen molar-refractivity contribution in [3.05, 3.63) is 52.5 Å². The van der Waals surface area contributed by atoms with E-state index in [1.807, 2.05) is 0 Å². The summed E-state index contributed by atoms with van der Waals surface area (Å²) in [6.45, 7) is -0.0447. The molecule has 1 N–H and O–H groups in total. The first-order chi connectivity index (χ1) is 11.0. The Bertz CT molecular complexity index is 780. The fraction of sp³-hybridized carbons (Fsp3) is 0.125. The van der Waals surface area contributed by atoms with Crippen LogP contribution in [0.4, 0.5) is 11.4 Å². The van der Waals surface area contributed by atoms with Crippen molar-refractivity contribution in [3.63, 3.8) is 0 Å². The van der Waals surface area contributed by atoms with Gasteiger partial charge in [-0.25, -0.2) is 4.79 Å². The van der Waals surface area contributed by atoms with Crippen molar-refractivity contribution < 1.29 is 14.3 Å². The van der Waals surface area contributed by atoms with Gasteiger partial charge in [0, 0.05) is 5.02 Å². The van der Waals surface area contributed by atoms with Gasteiger partial charge in [0.1, 0.15) is 6.54 Å². The Balaban J connectivity index is 1.78. The van der Waals surface area contributed by atoms with Gasteiger partial charge in [-0.3, -0.25) is 4.79 Å². The number of hydrogen-bond donors (Lipinski definition) is 1. The maximum atomic E-state index is 12.2. The summed E-state index contributed by atoms with van der Waals surface area (Å²) in [4.78, 5) is 25.5. The third-order valence-corrected chi connectivity index (χ3v) is 3.85. The summed E-state index contributed by atoms with van der Waals surface area (Å²) in [5.74, 6) is -0.333. The van der Waals surface area contributed by atoms with Crippen LogP contribution in [0, 0.1) is 0 Å². The topological polar surface area (TPSA) is 58.6 Å². The average Bonchev–Trinajstić information content (AvgIpc) is 2.50. The lowest BCUT2D eigenvalue weighted by molar-refractivity contribution is -0.133. The van der Waals surface area contributed by atoms with Crippen molar-refractivity contribution in [3.8, 4) is 5.75 Å². The molecule has 2 aromatic rings. The van der Waals surface area contributed by atoms with Crippen LogP contribution in [0.1, 0.15) is 0 Å². The Morgan fingerprint density at radius 1 is 1.22 bits per heavy atom. The SMILES string of the molecule is O=C(CN1CC(=O)Oc2ccc(Cl)cc21)Nc1ccccc1Cl. The smallest absolute Gasteiger partial charge is 0.331 e. The van der Waals surface area contributed by atoms with Crippen molar-refractivity contribution in [2.24, 2.45) is 0 Å². The summed E-state index contributed by atoms with van der Waals surface area (Å²) in [6.07, 6.45) is 0. The Morgan fingerprint density at radius 3 is 2.78 bits per heavy atom. The molecule has 118 valence electrons. The first kappa shape index (κ1) is 15.6. The number of amides is 1. The van der Waals surface area contributed by atoms with E-state index in [-0.39, 0.29) is 19.0 Å². The highest BCUT2D eigenvalue weighted by molar-refractivity contribution is 6.33. The summed E-state index contributed by atoms with van der Waals surface area (Å²) < 4.78 is 5.14. The lowest BCUT2D eigenvalue weighted by Gasteiger charge is -2.29. The molecule has 5 nitrogen and oxygen atoms in total. The van der Waals surface area contributed by atoms with E-state index < -0.39 is 5.97 Å². The highest BCUT2D eigenvalue weighted by Gasteiger charge is 2.26. The summed E-state index contributed by atoms with van der Waals surface area (Å²) in [7, 11) is 0. The normalized spacial score (nSPS) is 13.3. The van der Waals surface area contributed by atoms with Crippen LogP contribution in [-0.2, 0) is 9.59 Å². The predicted octanol–water partition coefficient (Wildman–Crippen LogP) is 3.36. The Labute approximate surface area is 142 Å². The van der Waals surface area contributed by atoms with E-state index in [0.717, 1.165) is 0 Å². The van der Waals surface area contributed by atoms with Gasteiger partial charge in [-0.1, -0.05) is 35.3 Å². The van der Waals surface area contributed by atoms with E-state index in [9.17, 15) is 9.59 Å². The molecule has 1 amide bonds. The summed E-state index contributed by atoms with van der Waals surface area (Å²) in [5, 5.41) is 3.67. The third-order valence-electron chi connectivity index (χ3n) is 3.29. The molecule has 23 heavy (non-hydrogen) atoms.